The monoisotopic (exact) mass is 262 g/mol. The first-order chi connectivity index (χ1) is 9.26. The maximum Gasteiger partial charge on any atom is 0.112 e. The highest BCUT2D eigenvalue weighted by Crippen LogP contribution is 2.18. The maximum atomic E-state index is 9.99. The first kappa shape index (κ1) is 14.0. The van der Waals surface area contributed by atoms with Gasteiger partial charge in [0.25, 0.3) is 0 Å². The van der Waals surface area contributed by atoms with E-state index in [-0.39, 0.29) is 6.61 Å². The lowest BCUT2D eigenvalue weighted by atomic mass is 10.1. The van der Waals surface area contributed by atoms with Crippen LogP contribution in [-0.4, -0.2) is 32.5 Å². The summed E-state index contributed by atoms with van der Waals surface area (Å²) in [4.78, 5) is 4.62. The van der Waals surface area contributed by atoms with Crippen molar-refractivity contribution in [3.63, 3.8) is 0 Å². The first-order valence-corrected chi connectivity index (χ1v) is 6.99. The van der Waals surface area contributed by atoms with E-state index in [1.165, 1.54) is 0 Å². The molecule has 0 fully saturated rings. The second-order valence-corrected chi connectivity index (χ2v) is 4.89. The zero-order chi connectivity index (χ0) is 13.7. The van der Waals surface area contributed by atoms with Crippen molar-refractivity contribution in [2.24, 2.45) is 0 Å². The van der Waals surface area contributed by atoms with Crippen LogP contribution in [0, 0.1) is 0 Å². The fourth-order valence-electron chi connectivity index (χ4n) is 2.39. The lowest BCUT2D eigenvalue weighted by molar-refractivity contribution is 0.147. The van der Waals surface area contributed by atoms with Crippen molar-refractivity contribution < 1.29 is 10.2 Å². The molecule has 104 valence electrons. The Hall–Kier alpha value is -1.39. The van der Waals surface area contributed by atoms with Gasteiger partial charge in [0.15, 0.2) is 0 Å². The van der Waals surface area contributed by atoms with Crippen LogP contribution < -0.4 is 0 Å². The highest BCUT2D eigenvalue weighted by atomic mass is 16.3. The van der Waals surface area contributed by atoms with Gasteiger partial charge in [-0.3, -0.25) is 0 Å². The third-order valence-electron chi connectivity index (χ3n) is 3.29. The average molecular weight is 262 g/mol. The van der Waals surface area contributed by atoms with Gasteiger partial charge >= 0.3 is 0 Å². The van der Waals surface area contributed by atoms with Crippen molar-refractivity contribution in [2.45, 2.75) is 45.3 Å². The normalized spacial score (nSPS) is 13.0. The van der Waals surface area contributed by atoms with Gasteiger partial charge in [-0.25, -0.2) is 4.98 Å². The van der Waals surface area contributed by atoms with Crippen molar-refractivity contribution in [3.8, 4) is 0 Å². The van der Waals surface area contributed by atoms with E-state index >= 15 is 0 Å². The number of fused-ring (bicyclic) bond motifs is 1. The van der Waals surface area contributed by atoms with Crippen LogP contribution in [0.1, 0.15) is 32.0 Å². The standard InChI is InChI=1S/C15H22N2O2/c1-2-9-17-14-8-4-3-7-13(14)16-15(17)11-12(19)6-5-10-18/h3-4,7-8,12,18-19H,2,5-6,9-11H2,1H3. The average Bonchev–Trinajstić information content (AvgIpc) is 2.75. The van der Waals surface area contributed by atoms with Gasteiger partial charge in [-0.2, -0.15) is 0 Å². The Kier molecular flexibility index (Phi) is 4.93. The van der Waals surface area contributed by atoms with Gasteiger partial charge in [-0.15, -0.1) is 0 Å². The minimum absolute atomic E-state index is 0.127. The molecule has 0 spiro atoms. The van der Waals surface area contributed by atoms with Crippen LogP contribution in [0.5, 0.6) is 0 Å². The van der Waals surface area contributed by atoms with Crippen LogP contribution >= 0.6 is 0 Å². The molecule has 4 heteroatoms. The van der Waals surface area contributed by atoms with Gasteiger partial charge in [0.2, 0.25) is 0 Å². The molecule has 2 N–H and O–H groups in total. The first-order valence-electron chi connectivity index (χ1n) is 6.99. The topological polar surface area (TPSA) is 58.3 Å². The van der Waals surface area contributed by atoms with Crippen molar-refractivity contribution in [2.75, 3.05) is 6.61 Å². The lowest BCUT2D eigenvalue weighted by Crippen LogP contribution is -2.15. The van der Waals surface area contributed by atoms with Gasteiger partial charge in [-0.05, 0) is 31.4 Å². The second kappa shape index (κ2) is 6.68. The number of aliphatic hydroxyl groups is 2. The molecule has 2 aromatic rings. The molecule has 0 radical (unpaired) electrons. The van der Waals surface area contributed by atoms with Crippen molar-refractivity contribution >= 4 is 11.0 Å². The predicted molar refractivity (Wildman–Crippen MR) is 76.1 cm³/mol. The number of hydrogen-bond donors (Lipinski definition) is 2. The zero-order valence-corrected chi connectivity index (χ0v) is 11.4. The molecule has 1 aromatic heterocycles. The molecule has 0 bridgehead atoms. The van der Waals surface area contributed by atoms with Gasteiger partial charge in [0, 0.05) is 19.6 Å². The van der Waals surface area contributed by atoms with Crippen LogP contribution in [0.2, 0.25) is 0 Å². The smallest absolute Gasteiger partial charge is 0.112 e. The minimum atomic E-state index is -0.431. The SMILES string of the molecule is CCCn1c(CC(O)CCCO)nc2ccccc21. The summed E-state index contributed by atoms with van der Waals surface area (Å²) in [5.41, 5.74) is 2.12. The van der Waals surface area contributed by atoms with E-state index in [4.69, 9.17) is 5.11 Å². The van der Waals surface area contributed by atoms with Crippen LogP contribution in [0.3, 0.4) is 0 Å². The number of nitrogens with zero attached hydrogens (tertiary/aromatic N) is 2. The Morgan fingerprint density at radius 2 is 2.11 bits per heavy atom. The number of aromatic nitrogens is 2. The molecule has 0 aliphatic carbocycles. The van der Waals surface area contributed by atoms with Crippen molar-refractivity contribution in [3.05, 3.63) is 30.1 Å². The summed E-state index contributed by atoms with van der Waals surface area (Å²) in [5, 5.41) is 18.8. The third-order valence-corrected chi connectivity index (χ3v) is 3.29. The molecule has 1 atom stereocenters. The van der Waals surface area contributed by atoms with Crippen LogP contribution in [0.15, 0.2) is 24.3 Å². The van der Waals surface area contributed by atoms with Crippen molar-refractivity contribution in [1.82, 2.24) is 9.55 Å². The molecule has 0 saturated heterocycles. The number of para-hydroxylation sites is 2. The van der Waals surface area contributed by atoms with E-state index < -0.39 is 6.10 Å². The molecular weight excluding hydrogens is 240 g/mol. The number of benzene rings is 1. The lowest BCUT2D eigenvalue weighted by Gasteiger charge is -2.11. The quantitative estimate of drug-likeness (QED) is 0.803. The Bertz CT molecular complexity index is 522. The molecule has 1 unspecified atom stereocenters. The van der Waals surface area contributed by atoms with Gasteiger partial charge in [0.1, 0.15) is 5.82 Å². The number of hydrogen-bond acceptors (Lipinski definition) is 3. The fourth-order valence-corrected chi connectivity index (χ4v) is 2.39. The molecule has 0 aliphatic heterocycles. The zero-order valence-electron chi connectivity index (χ0n) is 11.4. The number of aryl methyl sites for hydroxylation is 1. The summed E-state index contributed by atoms with van der Waals surface area (Å²) in [6.07, 6.45) is 2.41. The molecule has 1 heterocycles. The summed E-state index contributed by atoms with van der Waals surface area (Å²) in [7, 11) is 0. The van der Waals surface area contributed by atoms with Gasteiger partial charge in [-0.1, -0.05) is 19.1 Å². The van der Waals surface area contributed by atoms with E-state index in [1.54, 1.807) is 0 Å². The van der Waals surface area contributed by atoms with E-state index in [9.17, 15) is 5.11 Å². The summed E-state index contributed by atoms with van der Waals surface area (Å²) < 4.78 is 2.19. The predicted octanol–water partition coefficient (Wildman–Crippen LogP) is 2.12. The number of aliphatic hydroxyl groups excluding tert-OH is 2. The van der Waals surface area contributed by atoms with E-state index in [1.807, 2.05) is 18.2 Å². The number of rotatable bonds is 7. The van der Waals surface area contributed by atoms with Crippen LogP contribution in [0.4, 0.5) is 0 Å². The van der Waals surface area contributed by atoms with Crippen LogP contribution in [-0.2, 0) is 13.0 Å². The molecular formula is C15H22N2O2. The maximum absolute atomic E-state index is 9.99. The van der Waals surface area contributed by atoms with E-state index in [0.717, 1.165) is 29.8 Å². The Morgan fingerprint density at radius 1 is 1.32 bits per heavy atom. The van der Waals surface area contributed by atoms with Crippen molar-refractivity contribution in [1.29, 1.82) is 0 Å². The molecule has 0 amide bonds. The summed E-state index contributed by atoms with van der Waals surface area (Å²) in [6, 6.07) is 8.08. The third kappa shape index (κ3) is 3.33. The Morgan fingerprint density at radius 3 is 2.84 bits per heavy atom. The molecule has 1 aromatic carbocycles. The molecule has 4 nitrogen and oxygen atoms in total. The summed E-state index contributed by atoms with van der Waals surface area (Å²) >= 11 is 0. The molecule has 2 rings (SSSR count). The summed E-state index contributed by atoms with van der Waals surface area (Å²) in [5.74, 6) is 0.938. The van der Waals surface area contributed by atoms with E-state index in [0.29, 0.717) is 19.3 Å². The molecule has 0 aliphatic rings. The van der Waals surface area contributed by atoms with Gasteiger partial charge in [0.05, 0.1) is 17.1 Å². The Balaban J connectivity index is 2.23. The molecule has 0 saturated carbocycles. The van der Waals surface area contributed by atoms with E-state index in [2.05, 4.69) is 22.5 Å². The Labute approximate surface area is 113 Å². The van der Waals surface area contributed by atoms with Crippen LogP contribution in [0.25, 0.3) is 11.0 Å². The highest BCUT2D eigenvalue weighted by Gasteiger charge is 2.13. The van der Waals surface area contributed by atoms with Gasteiger partial charge < -0.3 is 14.8 Å². The minimum Gasteiger partial charge on any atom is -0.396 e. The number of imidazole rings is 1. The molecule has 19 heavy (non-hydrogen) atoms. The largest absolute Gasteiger partial charge is 0.396 e. The highest BCUT2D eigenvalue weighted by molar-refractivity contribution is 5.75. The summed E-state index contributed by atoms with van der Waals surface area (Å²) in [6.45, 7) is 3.19. The fraction of sp³-hybridized carbons (Fsp3) is 0.533. The second-order valence-electron chi connectivity index (χ2n) is 4.89.